The summed E-state index contributed by atoms with van der Waals surface area (Å²) in [4.78, 5) is 28.9. The van der Waals surface area contributed by atoms with Gasteiger partial charge in [-0.25, -0.2) is 0 Å². The summed E-state index contributed by atoms with van der Waals surface area (Å²) in [6.07, 6.45) is 4.74. The number of benzene rings is 1. The highest BCUT2D eigenvalue weighted by Gasteiger charge is 2.31. The third-order valence-electron chi connectivity index (χ3n) is 4.93. The predicted molar refractivity (Wildman–Crippen MR) is 89.6 cm³/mol. The maximum absolute atomic E-state index is 12.8. The van der Waals surface area contributed by atoms with E-state index < -0.39 is 0 Å². The van der Waals surface area contributed by atoms with E-state index in [1.54, 1.807) is 31.3 Å². The molecule has 2 heterocycles. The molecule has 2 amide bonds. The molecule has 0 unspecified atom stereocenters. The number of carbonyl (C=O) groups excluding carboxylic acids is 2. The number of hydrogen-bond acceptors (Lipinski definition) is 3. The summed E-state index contributed by atoms with van der Waals surface area (Å²) in [6, 6.07) is 7.30. The number of nitrogens with one attached hydrogen (secondary N) is 1. The van der Waals surface area contributed by atoms with Gasteiger partial charge in [-0.1, -0.05) is 0 Å². The van der Waals surface area contributed by atoms with Gasteiger partial charge >= 0.3 is 0 Å². The van der Waals surface area contributed by atoms with Crippen LogP contribution >= 0.6 is 0 Å². The molecule has 23 heavy (non-hydrogen) atoms. The smallest absolute Gasteiger partial charge is 0.254 e. The van der Waals surface area contributed by atoms with Crippen LogP contribution in [0.4, 0.5) is 0 Å². The topological polar surface area (TPSA) is 52.7 Å². The summed E-state index contributed by atoms with van der Waals surface area (Å²) in [7, 11) is 1.61. The Labute approximate surface area is 137 Å². The van der Waals surface area contributed by atoms with Crippen molar-refractivity contribution in [3.8, 4) is 0 Å². The Morgan fingerprint density at radius 2 is 1.70 bits per heavy atom. The molecular weight excluding hydrogens is 290 g/mol. The van der Waals surface area contributed by atoms with Gasteiger partial charge in [-0.2, -0.15) is 0 Å². The molecule has 0 bridgehead atoms. The Hall–Kier alpha value is -1.88. The largest absolute Gasteiger partial charge is 0.355 e. The Balaban J connectivity index is 1.67. The minimum atomic E-state index is -0.128. The molecule has 1 aromatic carbocycles. The summed E-state index contributed by atoms with van der Waals surface area (Å²) in [5.74, 6) is -0.0350. The van der Waals surface area contributed by atoms with E-state index in [1.165, 1.54) is 25.9 Å². The van der Waals surface area contributed by atoms with Crippen LogP contribution in [0.3, 0.4) is 0 Å². The summed E-state index contributed by atoms with van der Waals surface area (Å²) < 4.78 is 0. The summed E-state index contributed by atoms with van der Waals surface area (Å²) >= 11 is 0. The quantitative estimate of drug-likeness (QED) is 0.921. The Bertz CT molecular complexity index is 564. The van der Waals surface area contributed by atoms with Crippen molar-refractivity contribution in [1.82, 2.24) is 15.1 Å². The highest BCUT2D eigenvalue weighted by molar-refractivity contribution is 5.97. The van der Waals surface area contributed by atoms with Gasteiger partial charge in [-0.05, 0) is 63.0 Å². The first-order valence-corrected chi connectivity index (χ1v) is 8.54. The van der Waals surface area contributed by atoms with Crippen molar-refractivity contribution < 1.29 is 9.59 Å². The molecule has 0 spiro atoms. The SMILES string of the molecule is CNC(=O)c1ccc(C(=O)N2CCC[C@H]2CN2CCCC2)cc1. The van der Waals surface area contributed by atoms with E-state index in [1.807, 2.05) is 4.90 Å². The lowest BCUT2D eigenvalue weighted by Gasteiger charge is -2.28. The lowest BCUT2D eigenvalue weighted by atomic mass is 10.1. The first-order chi connectivity index (χ1) is 11.2. The zero-order valence-electron chi connectivity index (χ0n) is 13.8. The van der Waals surface area contributed by atoms with E-state index in [4.69, 9.17) is 0 Å². The zero-order chi connectivity index (χ0) is 16.2. The third-order valence-corrected chi connectivity index (χ3v) is 4.93. The highest BCUT2D eigenvalue weighted by Crippen LogP contribution is 2.22. The van der Waals surface area contributed by atoms with Gasteiger partial charge in [-0.3, -0.25) is 9.59 Å². The lowest BCUT2D eigenvalue weighted by molar-refractivity contribution is 0.0708. The fourth-order valence-corrected chi connectivity index (χ4v) is 3.63. The molecule has 2 aliphatic rings. The van der Waals surface area contributed by atoms with E-state index in [2.05, 4.69) is 10.2 Å². The van der Waals surface area contributed by atoms with Crippen molar-refractivity contribution in [1.29, 1.82) is 0 Å². The van der Waals surface area contributed by atoms with Crippen LogP contribution in [0.2, 0.25) is 0 Å². The van der Waals surface area contributed by atoms with E-state index in [0.29, 0.717) is 17.2 Å². The van der Waals surface area contributed by atoms with Crippen LogP contribution in [0.1, 0.15) is 46.4 Å². The summed E-state index contributed by atoms with van der Waals surface area (Å²) in [5, 5.41) is 2.59. The van der Waals surface area contributed by atoms with E-state index in [-0.39, 0.29) is 11.8 Å². The zero-order valence-corrected chi connectivity index (χ0v) is 13.8. The van der Waals surface area contributed by atoms with Crippen molar-refractivity contribution in [3.63, 3.8) is 0 Å². The van der Waals surface area contributed by atoms with Gasteiger partial charge in [0.1, 0.15) is 0 Å². The van der Waals surface area contributed by atoms with Crippen LogP contribution in [-0.4, -0.2) is 60.9 Å². The molecule has 2 fully saturated rings. The maximum atomic E-state index is 12.8. The summed E-state index contributed by atoms with van der Waals surface area (Å²) in [6.45, 7) is 4.18. The second-order valence-electron chi connectivity index (χ2n) is 6.46. The van der Waals surface area contributed by atoms with Gasteiger partial charge in [0.25, 0.3) is 11.8 Å². The third kappa shape index (κ3) is 3.55. The van der Waals surface area contributed by atoms with Crippen LogP contribution in [0.25, 0.3) is 0 Å². The molecule has 1 N–H and O–H groups in total. The fourth-order valence-electron chi connectivity index (χ4n) is 3.63. The van der Waals surface area contributed by atoms with Gasteiger partial charge in [0.15, 0.2) is 0 Å². The molecule has 5 nitrogen and oxygen atoms in total. The Kier molecular flexibility index (Phi) is 4.96. The van der Waals surface area contributed by atoms with Crippen molar-refractivity contribution >= 4 is 11.8 Å². The first kappa shape index (κ1) is 16.0. The van der Waals surface area contributed by atoms with Crippen LogP contribution < -0.4 is 5.32 Å². The average Bonchev–Trinajstić information content (AvgIpc) is 3.26. The Morgan fingerprint density at radius 3 is 2.35 bits per heavy atom. The van der Waals surface area contributed by atoms with Crippen LogP contribution in [0.5, 0.6) is 0 Å². The highest BCUT2D eigenvalue weighted by atomic mass is 16.2. The standard InChI is InChI=1S/C18H25N3O2/c1-19-17(22)14-6-8-15(9-7-14)18(23)21-12-4-5-16(21)13-20-10-2-3-11-20/h6-9,16H,2-5,10-13H2,1H3,(H,19,22)/t16-/m0/s1. The van der Waals surface area contributed by atoms with E-state index in [0.717, 1.165) is 25.9 Å². The molecule has 3 rings (SSSR count). The molecule has 0 radical (unpaired) electrons. The predicted octanol–water partition coefficient (Wildman–Crippen LogP) is 1.75. The molecule has 1 atom stereocenters. The molecule has 0 aromatic heterocycles. The van der Waals surface area contributed by atoms with Crippen molar-refractivity contribution in [3.05, 3.63) is 35.4 Å². The van der Waals surface area contributed by atoms with Crippen molar-refractivity contribution in [2.24, 2.45) is 0 Å². The second-order valence-corrected chi connectivity index (χ2v) is 6.46. The second kappa shape index (κ2) is 7.13. The van der Waals surface area contributed by atoms with Crippen LogP contribution in [0, 0.1) is 0 Å². The first-order valence-electron chi connectivity index (χ1n) is 8.54. The van der Waals surface area contributed by atoms with Crippen LogP contribution in [0.15, 0.2) is 24.3 Å². The molecular formula is C18H25N3O2. The Morgan fingerprint density at radius 1 is 1.04 bits per heavy atom. The fraction of sp³-hybridized carbons (Fsp3) is 0.556. The van der Waals surface area contributed by atoms with Gasteiger partial charge in [0.05, 0.1) is 0 Å². The molecule has 2 saturated heterocycles. The number of likely N-dealkylation sites (tertiary alicyclic amines) is 2. The number of rotatable bonds is 4. The molecule has 124 valence electrons. The maximum Gasteiger partial charge on any atom is 0.254 e. The van der Waals surface area contributed by atoms with Crippen molar-refractivity contribution in [2.75, 3.05) is 33.2 Å². The van der Waals surface area contributed by atoms with E-state index >= 15 is 0 Å². The normalized spacial score (nSPS) is 21.6. The van der Waals surface area contributed by atoms with Gasteiger partial charge < -0.3 is 15.1 Å². The van der Waals surface area contributed by atoms with Gasteiger partial charge in [-0.15, -0.1) is 0 Å². The van der Waals surface area contributed by atoms with Gasteiger partial charge in [0, 0.05) is 37.3 Å². The lowest BCUT2D eigenvalue weighted by Crippen LogP contribution is -2.42. The number of carbonyl (C=O) groups is 2. The minimum absolute atomic E-state index is 0.0927. The molecule has 2 aliphatic heterocycles. The molecule has 5 heteroatoms. The molecule has 0 aliphatic carbocycles. The summed E-state index contributed by atoms with van der Waals surface area (Å²) in [5.41, 5.74) is 1.25. The number of nitrogens with zero attached hydrogens (tertiary/aromatic N) is 2. The van der Waals surface area contributed by atoms with Crippen molar-refractivity contribution in [2.45, 2.75) is 31.7 Å². The average molecular weight is 315 g/mol. The van der Waals surface area contributed by atoms with Gasteiger partial charge in [0.2, 0.25) is 0 Å². The monoisotopic (exact) mass is 315 g/mol. The van der Waals surface area contributed by atoms with E-state index in [9.17, 15) is 9.59 Å². The number of hydrogen-bond donors (Lipinski definition) is 1. The molecule has 1 aromatic rings. The van der Waals surface area contributed by atoms with Crippen LogP contribution in [-0.2, 0) is 0 Å². The number of amides is 2. The minimum Gasteiger partial charge on any atom is -0.355 e. The molecule has 0 saturated carbocycles.